The molecule has 108 valence electrons. The van der Waals surface area contributed by atoms with Crippen molar-refractivity contribution in [1.82, 2.24) is 0 Å². The molecule has 0 spiro atoms. The van der Waals surface area contributed by atoms with Crippen molar-refractivity contribution in [2.45, 2.75) is 45.3 Å². The Bertz CT molecular complexity index is 495. The average Bonchev–Trinajstić information content (AvgIpc) is 2.46. The van der Waals surface area contributed by atoms with E-state index in [9.17, 15) is 4.39 Å². The van der Waals surface area contributed by atoms with Crippen LogP contribution in [0.15, 0.2) is 18.2 Å². The van der Waals surface area contributed by atoms with Gasteiger partial charge in [-0.15, -0.1) is 0 Å². The van der Waals surface area contributed by atoms with Gasteiger partial charge in [-0.25, -0.2) is 4.39 Å². The van der Waals surface area contributed by atoms with E-state index in [4.69, 9.17) is 10.5 Å². The Morgan fingerprint density at radius 1 is 1.30 bits per heavy atom. The number of benzene rings is 1. The van der Waals surface area contributed by atoms with Gasteiger partial charge in [-0.05, 0) is 43.7 Å². The second kappa shape index (κ2) is 7.42. The van der Waals surface area contributed by atoms with Crippen molar-refractivity contribution in [3.63, 3.8) is 0 Å². The van der Waals surface area contributed by atoms with Crippen LogP contribution in [0.1, 0.15) is 43.7 Å². The standard InChI is InChI=1S/C17H22FNO/c1-13-4-8-16(9-5-13)20-12-15-7-6-14(3-2-10-19)11-17(15)18/h6-7,11,13,16H,4-5,8-10,12,19H2,1H3. The number of hydrogen-bond donors (Lipinski definition) is 1. The summed E-state index contributed by atoms with van der Waals surface area (Å²) in [5.41, 5.74) is 6.55. The molecule has 1 aromatic rings. The van der Waals surface area contributed by atoms with Gasteiger partial charge in [0.2, 0.25) is 0 Å². The highest BCUT2D eigenvalue weighted by molar-refractivity contribution is 5.37. The van der Waals surface area contributed by atoms with Crippen molar-refractivity contribution in [3.8, 4) is 11.8 Å². The Morgan fingerprint density at radius 3 is 2.70 bits per heavy atom. The van der Waals surface area contributed by atoms with Crippen LogP contribution in [0.2, 0.25) is 0 Å². The first-order valence-corrected chi connectivity index (χ1v) is 7.28. The van der Waals surface area contributed by atoms with Crippen LogP contribution in [-0.4, -0.2) is 12.6 Å². The third-order valence-corrected chi connectivity index (χ3v) is 3.83. The van der Waals surface area contributed by atoms with Crippen molar-refractivity contribution >= 4 is 0 Å². The van der Waals surface area contributed by atoms with Gasteiger partial charge in [0.15, 0.2) is 0 Å². The van der Waals surface area contributed by atoms with E-state index in [0.29, 0.717) is 17.7 Å². The molecule has 0 aromatic heterocycles. The topological polar surface area (TPSA) is 35.2 Å². The first-order valence-electron chi connectivity index (χ1n) is 7.28. The van der Waals surface area contributed by atoms with E-state index >= 15 is 0 Å². The lowest BCUT2D eigenvalue weighted by Gasteiger charge is -2.26. The molecule has 20 heavy (non-hydrogen) atoms. The predicted molar refractivity (Wildman–Crippen MR) is 78.5 cm³/mol. The molecule has 2 N–H and O–H groups in total. The van der Waals surface area contributed by atoms with Crippen LogP contribution in [-0.2, 0) is 11.3 Å². The van der Waals surface area contributed by atoms with Crippen LogP contribution >= 0.6 is 0 Å². The summed E-state index contributed by atoms with van der Waals surface area (Å²) < 4.78 is 19.7. The number of rotatable bonds is 3. The van der Waals surface area contributed by atoms with Crippen molar-refractivity contribution < 1.29 is 9.13 Å². The highest BCUT2D eigenvalue weighted by atomic mass is 19.1. The summed E-state index contributed by atoms with van der Waals surface area (Å²) in [5, 5.41) is 0. The van der Waals surface area contributed by atoms with E-state index in [1.165, 1.54) is 18.9 Å². The monoisotopic (exact) mass is 275 g/mol. The van der Waals surface area contributed by atoms with Crippen LogP contribution in [0.25, 0.3) is 0 Å². The number of hydrogen-bond acceptors (Lipinski definition) is 2. The summed E-state index contributed by atoms with van der Waals surface area (Å²) in [5.74, 6) is 6.09. The largest absolute Gasteiger partial charge is 0.373 e. The molecule has 0 amide bonds. The Hall–Kier alpha value is -1.37. The molecule has 1 aliphatic rings. The Balaban J connectivity index is 1.90. The molecular formula is C17H22FNO. The van der Waals surface area contributed by atoms with E-state index in [1.54, 1.807) is 6.07 Å². The maximum atomic E-state index is 13.9. The van der Waals surface area contributed by atoms with Crippen molar-refractivity contribution in [2.75, 3.05) is 6.54 Å². The van der Waals surface area contributed by atoms with Gasteiger partial charge in [0.05, 0.1) is 19.3 Å². The molecule has 1 aliphatic carbocycles. The van der Waals surface area contributed by atoms with Crippen molar-refractivity contribution in [1.29, 1.82) is 0 Å². The van der Waals surface area contributed by atoms with Gasteiger partial charge in [-0.1, -0.05) is 24.8 Å². The van der Waals surface area contributed by atoms with Crippen LogP contribution in [0, 0.1) is 23.6 Å². The van der Waals surface area contributed by atoms with Gasteiger partial charge >= 0.3 is 0 Å². The summed E-state index contributed by atoms with van der Waals surface area (Å²) in [7, 11) is 0. The Morgan fingerprint density at radius 2 is 2.05 bits per heavy atom. The zero-order valence-corrected chi connectivity index (χ0v) is 12.0. The lowest BCUT2D eigenvalue weighted by molar-refractivity contribution is 0.00759. The fourth-order valence-electron chi connectivity index (χ4n) is 2.50. The summed E-state index contributed by atoms with van der Waals surface area (Å²) in [6, 6.07) is 5.01. The highest BCUT2D eigenvalue weighted by Gasteiger charge is 2.18. The molecule has 2 rings (SSSR count). The van der Waals surface area contributed by atoms with E-state index in [0.717, 1.165) is 18.8 Å². The maximum Gasteiger partial charge on any atom is 0.129 e. The summed E-state index contributed by atoms with van der Waals surface area (Å²) in [6.07, 6.45) is 4.87. The molecule has 0 bridgehead atoms. The molecule has 0 atom stereocenters. The number of halogens is 1. The van der Waals surface area contributed by atoms with Crippen molar-refractivity contribution in [3.05, 3.63) is 35.1 Å². The molecule has 0 aliphatic heterocycles. The van der Waals surface area contributed by atoms with Crippen LogP contribution < -0.4 is 5.73 Å². The normalized spacial score (nSPS) is 22.1. The van der Waals surface area contributed by atoms with Gasteiger partial charge in [0.25, 0.3) is 0 Å². The molecule has 0 unspecified atom stereocenters. The predicted octanol–water partition coefficient (Wildman–Crippen LogP) is 3.23. The molecule has 0 heterocycles. The minimum atomic E-state index is -0.252. The summed E-state index contributed by atoms with van der Waals surface area (Å²) in [4.78, 5) is 0. The van der Waals surface area contributed by atoms with E-state index in [2.05, 4.69) is 18.8 Å². The van der Waals surface area contributed by atoms with Crippen LogP contribution in [0.3, 0.4) is 0 Å². The lowest BCUT2D eigenvalue weighted by Crippen LogP contribution is -2.20. The molecule has 1 aromatic carbocycles. The molecular weight excluding hydrogens is 253 g/mol. The Labute approximate surface area is 120 Å². The second-order valence-corrected chi connectivity index (χ2v) is 5.50. The van der Waals surface area contributed by atoms with Gasteiger partial charge in [-0.3, -0.25) is 0 Å². The molecule has 2 nitrogen and oxygen atoms in total. The smallest absolute Gasteiger partial charge is 0.129 e. The molecule has 0 saturated heterocycles. The molecule has 0 radical (unpaired) electrons. The van der Waals surface area contributed by atoms with E-state index in [1.807, 2.05) is 6.07 Å². The first kappa shape index (κ1) is 15.0. The van der Waals surface area contributed by atoms with Gasteiger partial charge in [0.1, 0.15) is 5.82 Å². The SMILES string of the molecule is CC1CCC(OCc2ccc(C#CCN)cc2F)CC1. The average molecular weight is 275 g/mol. The third-order valence-electron chi connectivity index (χ3n) is 3.83. The zero-order chi connectivity index (χ0) is 14.4. The molecule has 3 heteroatoms. The van der Waals surface area contributed by atoms with E-state index < -0.39 is 0 Å². The summed E-state index contributed by atoms with van der Waals surface area (Å²) in [6.45, 7) is 2.90. The van der Waals surface area contributed by atoms with Crippen LogP contribution in [0.5, 0.6) is 0 Å². The molecule has 1 fully saturated rings. The van der Waals surface area contributed by atoms with Crippen molar-refractivity contribution in [2.24, 2.45) is 11.7 Å². The van der Waals surface area contributed by atoms with Crippen LogP contribution in [0.4, 0.5) is 4.39 Å². The lowest BCUT2D eigenvalue weighted by atomic mass is 9.89. The fourth-order valence-corrected chi connectivity index (χ4v) is 2.50. The minimum absolute atomic E-state index is 0.252. The van der Waals surface area contributed by atoms with Gasteiger partial charge in [-0.2, -0.15) is 0 Å². The number of nitrogens with two attached hydrogens (primary N) is 1. The quantitative estimate of drug-likeness (QED) is 0.860. The maximum absolute atomic E-state index is 13.9. The molecule has 1 saturated carbocycles. The number of ether oxygens (including phenoxy) is 1. The third kappa shape index (κ3) is 4.33. The zero-order valence-electron chi connectivity index (χ0n) is 12.0. The summed E-state index contributed by atoms with van der Waals surface area (Å²) >= 11 is 0. The van der Waals surface area contributed by atoms with Gasteiger partial charge in [0, 0.05) is 11.1 Å². The van der Waals surface area contributed by atoms with E-state index in [-0.39, 0.29) is 18.5 Å². The highest BCUT2D eigenvalue weighted by Crippen LogP contribution is 2.26. The fraction of sp³-hybridized carbons (Fsp3) is 0.529. The van der Waals surface area contributed by atoms with Gasteiger partial charge < -0.3 is 10.5 Å². The Kier molecular flexibility index (Phi) is 5.58. The first-order chi connectivity index (χ1) is 9.69. The second-order valence-electron chi connectivity index (χ2n) is 5.50. The minimum Gasteiger partial charge on any atom is -0.373 e.